The van der Waals surface area contributed by atoms with E-state index in [0.29, 0.717) is 28.3 Å². The highest BCUT2D eigenvalue weighted by atomic mass is 35.5. The maximum Gasteiger partial charge on any atom is 0.185 e. The van der Waals surface area contributed by atoms with Gasteiger partial charge in [0.1, 0.15) is 11.3 Å². The molecular weight excluding hydrogens is 647 g/mol. The number of furan rings is 1. The fraction of sp³-hybridized carbons (Fsp3) is 0.524. The summed E-state index contributed by atoms with van der Waals surface area (Å²) in [7, 11) is 2.62. The maximum absolute atomic E-state index is 11.0. The van der Waals surface area contributed by atoms with Gasteiger partial charge in [-0.2, -0.15) is 0 Å². The zero-order chi connectivity index (χ0) is 38.7. The highest BCUT2D eigenvalue weighted by molar-refractivity contribution is 7.28. The summed E-state index contributed by atoms with van der Waals surface area (Å²) < 4.78 is 5.65. The molecule has 1 aromatic carbocycles. The number of ketones is 1. The van der Waals surface area contributed by atoms with Gasteiger partial charge in [0.05, 0.1) is 5.69 Å². The molecule has 0 aliphatic rings. The van der Waals surface area contributed by atoms with Crippen molar-refractivity contribution < 1.29 is 14.0 Å². The van der Waals surface area contributed by atoms with Gasteiger partial charge in [0.25, 0.3) is 0 Å². The van der Waals surface area contributed by atoms with E-state index in [1.807, 2.05) is 58.9 Å². The lowest BCUT2D eigenvalue weighted by molar-refractivity contribution is -0.124. The minimum Gasteiger partial charge on any atom is -0.451 e. The molecule has 0 N–H and O–H groups in total. The first-order valence-electron chi connectivity index (χ1n) is 17.3. The van der Waals surface area contributed by atoms with Crippen LogP contribution in [0.1, 0.15) is 140 Å². The minimum absolute atomic E-state index is 0.135. The predicted molar refractivity (Wildman–Crippen MR) is 221 cm³/mol. The second-order valence-electron chi connectivity index (χ2n) is 15.1. The number of aldehydes is 1. The monoisotopic (exact) mass is 712 g/mol. The summed E-state index contributed by atoms with van der Waals surface area (Å²) >= 11 is 6.09. The molecule has 7 heteroatoms. The molecule has 0 saturated carbocycles. The number of carbonyl (C=O) groups is 2. The van der Waals surface area contributed by atoms with E-state index in [0.717, 1.165) is 39.5 Å². The molecular formula is C42H66ClN2O3P. The van der Waals surface area contributed by atoms with Crippen molar-refractivity contribution in [3.05, 3.63) is 71.1 Å². The molecule has 0 aliphatic heterocycles. The average Bonchev–Trinajstić information content (AvgIpc) is 3.40. The summed E-state index contributed by atoms with van der Waals surface area (Å²) in [6.07, 6.45) is 7.24. The Morgan fingerprint density at radius 2 is 1.49 bits per heavy atom. The zero-order valence-corrected chi connectivity index (χ0v) is 35.4. The van der Waals surface area contributed by atoms with Crippen LogP contribution >= 0.6 is 20.8 Å². The van der Waals surface area contributed by atoms with Gasteiger partial charge in [0, 0.05) is 39.0 Å². The molecule has 5 nitrogen and oxygen atoms in total. The number of unbranched alkanes of at least 4 members (excludes halogenated alkanes) is 1. The number of nitrogens with zero attached hydrogens (tertiary/aromatic N) is 2. The third-order valence-corrected chi connectivity index (χ3v) is 7.50. The number of aromatic nitrogens is 1. The van der Waals surface area contributed by atoms with Crippen LogP contribution in [-0.2, 0) is 10.2 Å². The number of pyridine rings is 1. The third kappa shape index (κ3) is 21.1. The number of benzene rings is 1. The molecule has 3 aromatic rings. The van der Waals surface area contributed by atoms with Crippen LogP contribution < -0.4 is 5.30 Å². The van der Waals surface area contributed by atoms with Crippen LogP contribution in [0.15, 0.2) is 64.2 Å². The van der Waals surface area contributed by atoms with Gasteiger partial charge in [-0.1, -0.05) is 133 Å². The van der Waals surface area contributed by atoms with Crippen molar-refractivity contribution >= 4 is 55.0 Å². The second-order valence-corrected chi connectivity index (χ2v) is 16.1. The van der Waals surface area contributed by atoms with Gasteiger partial charge in [0.15, 0.2) is 17.6 Å². The molecule has 0 aliphatic carbocycles. The van der Waals surface area contributed by atoms with E-state index in [-0.39, 0.29) is 22.4 Å². The number of rotatable bonds is 6. The molecule has 2 aromatic heterocycles. The Morgan fingerprint density at radius 3 is 1.86 bits per heavy atom. The van der Waals surface area contributed by atoms with Crippen LogP contribution in [0.25, 0.3) is 22.4 Å². The Bertz CT molecular complexity index is 1510. The van der Waals surface area contributed by atoms with Crippen LogP contribution in [0.4, 0.5) is 0 Å². The topological polar surface area (TPSA) is 72.5 Å². The fourth-order valence-corrected chi connectivity index (χ4v) is 3.74. The van der Waals surface area contributed by atoms with Crippen molar-refractivity contribution in [1.82, 2.24) is 4.98 Å². The molecule has 0 spiro atoms. The molecule has 0 saturated heterocycles. The molecule has 0 bridgehead atoms. The number of hydrogen-bond donors (Lipinski definition) is 0. The number of fused-ring (bicyclic) bond motifs is 1. The lowest BCUT2D eigenvalue weighted by Gasteiger charge is -2.20. The normalized spacial score (nSPS) is 11.7. The highest BCUT2D eigenvalue weighted by Crippen LogP contribution is 2.34. The maximum atomic E-state index is 11.0. The first kappa shape index (κ1) is 48.2. The lowest BCUT2D eigenvalue weighted by atomic mass is 9.86. The summed E-state index contributed by atoms with van der Waals surface area (Å²) in [6.45, 7) is 36.4. The van der Waals surface area contributed by atoms with Crippen molar-refractivity contribution in [3.8, 4) is 11.3 Å². The second kappa shape index (κ2) is 23.5. The molecule has 274 valence electrons. The minimum atomic E-state index is -0.139. The first-order valence-corrected chi connectivity index (χ1v) is 18.2. The largest absolute Gasteiger partial charge is 0.451 e. The summed E-state index contributed by atoms with van der Waals surface area (Å²) in [5.41, 5.74) is 5.95. The van der Waals surface area contributed by atoms with Gasteiger partial charge >= 0.3 is 0 Å². The summed E-state index contributed by atoms with van der Waals surface area (Å²) in [5.74, 6) is 1.93. The standard InChI is InChI=1S/C18H17ClNO2P.C10H17N.C6H12O.2C4H10/c1-18(2,3)12-8-14(10-4-5-13(19)16(23)6-10)20-15-7-11(9-21)22-17(12)15;1-6-9(4)11-10(5)7-8(2)3;1-5(7)6(2,3)4;1-4(2)3;1-3-4-2/h4-9H,23H2,1-3H3;6-8H,1H2,2-5H3;1-4H3;4H,1-3H3;3-4H2,1-2H3/b;10-7-,11-9?;;;. The van der Waals surface area contributed by atoms with Crippen LogP contribution in [0.5, 0.6) is 0 Å². The molecule has 0 radical (unpaired) electrons. The SMILES string of the molecule is C=CC(C)=N/C(C)=C\C(C)C.CC(=O)C(C)(C)C.CC(C)(C)c1cc(-c2ccc(Cl)c(P)c2)nc2cc(C=O)oc12.CC(C)C.CCCC. The van der Waals surface area contributed by atoms with E-state index in [2.05, 4.69) is 101 Å². The van der Waals surface area contributed by atoms with E-state index < -0.39 is 0 Å². The van der Waals surface area contributed by atoms with Crippen LogP contribution in [0, 0.1) is 17.3 Å². The summed E-state index contributed by atoms with van der Waals surface area (Å²) in [5, 5.41) is 1.62. The predicted octanol–water partition coefficient (Wildman–Crippen LogP) is 13.0. The number of aliphatic imine (C=N–C) groups is 1. The number of allylic oxidation sites excluding steroid dienone is 3. The van der Waals surface area contributed by atoms with Gasteiger partial charge in [-0.15, -0.1) is 9.24 Å². The lowest BCUT2D eigenvalue weighted by Crippen LogP contribution is -2.15. The van der Waals surface area contributed by atoms with Gasteiger partial charge in [-0.05, 0) is 67.6 Å². The van der Waals surface area contributed by atoms with Gasteiger partial charge < -0.3 is 4.42 Å². The molecule has 3 rings (SSSR count). The molecule has 1 atom stereocenters. The Hall–Kier alpha value is -2.88. The van der Waals surface area contributed by atoms with Crippen LogP contribution in [-0.4, -0.2) is 22.8 Å². The quantitative estimate of drug-likeness (QED) is 0.145. The van der Waals surface area contributed by atoms with Crippen molar-refractivity contribution in [2.24, 2.45) is 22.2 Å². The van der Waals surface area contributed by atoms with Gasteiger partial charge in [-0.25, -0.2) is 4.98 Å². The van der Waals surface area contributed by atoms with E-state index in [9.17, 15) is 9.59 Å². The summed E-state index contributed by atoms with van der Waals surface area (Å²) in [4.78, 5) is 30.4. The number of hydrogen-bond acceptors (Lipinski definition) is 5. The number of carbonyl (C=O) groups excluding carboxylic acids is 2. The van der Waals surface area contributed by atoms with E-state index in [1.165, 1.54) is 12.8 Å². The van der Waals surface area contributed by atoms with E-state index in [1.54, 1.807) is 19.1 Å². The van der Waals surface area contributed by atoms with Gasteiger partial charge in [0.2, 0.25) is 0 Å². The fourth-order valence-electron chi connectivity index (χ4n) is 3.35. The highest BCUT2D eigenvalue weighted by Gasteiger charge is 2.22. The van der Waals surface area contributed by atoms with E-state index in [4.69, 9.17) is 16.0 Å². The molecule has 0 fully saturated rings. The molecule has 1 unspecified atom stereocenters. The summed E-state index contributed by atoms with van der Waals surface area (Å²) in [6, 6.07) is 9.48. The van der Waals surface area contributed by atoms with Crippen molar-refractivity contribution in [1.29, 1.82) is 0 Å². The molecule has 0 amide bonds. The number of Topliss-reactive ketones (excluding diaryl/α,β-unsaturated/α-hetero) is 1. The van der Waals surface area contributed by atoms with Crippen molar-refractivity contribution in [3.63, 3.8) is 0 Å². The van der Waals surface area contributed by atoms with Gasteiger partial charge in [-0.3, -0.25) is 14.6 Å². The molecule has 49 heavy (non-hydrogen) atoms. The molecule has 2 heterocycles. The van der Waals surface area contributed by atoms with E-state index >= 15 is 0 Å². The van der Waals surface area contributed by atoms with Crippen molar-refractivity contribution in [2.45, 2.75) is 129 Å². The smallest absolute Gasteiger partial charge is 0.185 e. The Morgan fingerprint density at radius 1 is 0.980 bits per heavy atom. The van der Waals surface area contributed by atoms with Crippen LogP contribution in [0.3, 0.4) is 0 Å². The zero-order valence-electron chi connectivity index (χ0n) is 33.5. The number of halogens is 1. The van der Waals surface area contributed by atoms with Crippen molar-refractivity contribution in [2.75, 3.05) is 0 Å². The Balaban J connectivity index is 0. The Labute approximate surface area is 306 Å². The average molecular weight is 713 g/mol. The third-order valence-electron chi connectivity index (χ3n) is 6.49. The Kier molecular flexibility index (Phi) is 23.1. The first-order chi connectivity index (χ1) is 22.4. The van der Waals surface area contributed by atoms with Crippen LogP contribution in [0.2, 0.25) is 5.02 Å².